The third-order valence-corrected chi connectivity index (χ3v) is 4.62. The maximum atomic E-state index is 13.9. The van der Waals surface area contributed by atoms with Gasteiger partial charge >= 0.3 is 0 Å². The molecule has 30 heavy (non-hydrogen) atoms. The van der Waals surface area contributed by atoms with E-state index < -0.39 is 0 Å². The van der Waals surface area contributed by atoms with Gasteiger partial charge in [0.2, 0.25) is 0 Å². The molecule has 0 fully saturated rings. The summed E-state index contributed by atoms with van der Waals surface area (Å²) in [6, 6.07) is 21.4. The van der Waals surface area contributed by atoms with Crippen LogP contribution in [-0.4, -0.2) is 17.1 Å². The first-order valence-corrected chi connectivity index (χ1v) is 9.29. The van der Waals surface area contributed by atoms with Crippen LogP contribution >= 0.6 is 0 Å². The summed E-state index contributed by atoms with van der Waals surface area (Å²) in [5.41, 5.74) is 3.02. The van der Waals surface area contributed by atoms with Crippen LogP contribution in [0.1, 0.15) is 17.0 Å². The Labute approximate surface area is 173 Å². The van der Waals surface area contributed by atoms with Crippen LogP contribution in [0.2, 0.25) is 0 Å². The Kier molecular flexibility index (Phi) is 5.44. The Bertz CT molecular complexity index is 1270. The van der Waals surface area contributed by atoms with Crippen LogP contribution in [0.3, 0.4) is 0 Å². The van der Waals surface area contributed by atoms with Gasteiger partial charge in [-0.15, -0.1) is 0 Å². The first-order valence-electron chi connectivity index (χ1n) is 9.29. The number of para-hydroxylation sites is 1. The molecule has 6 heteroatoms. The molecule has 0 aliphatic rings. The van der Waals surface area contributed by atoms with Crippen molar-refractivity contribution in [3.63, 3.8) is 0 Å². The summed E-state index contributed by atoms with van der Waals surface area (Å²) >= 11 is 0. The van der Waals surface area contributed by atoms with E-state index in [4.69, 9.17) is 9.47 Å². The van der Waals surface area contributed by atoms with E-state index in [1.165, 1.54) is 6.07 Å². The number of fused-ring (bicyclic) bond motifs is 1. The van der Waals surface area contributed by atoms with E-state index in [0.717, 1.165) is 11.0 Å². The summed E-state index contributed by atoms with van der Waals surface area (Å²) in [4.78, 5) is 7.65. The van der Waals surface area contributed by atoms with Crippen molar-refractivity contribution >= 4 is 22.7 Å². The third-order valence-electron chi connectivity index (χ3n) is 4.62. The van der Waals surface area contributed by atoms with Crippen molar-refractivity contribution in [3.8, 4) is 17.6 Å². The molecule has 0 saturated carbocycles. The predicted molar refractivity (Wildman–Crippen MR) is 113 cm³/mol. The van der Waals surface area contributed by atoms with E-state index in [9.17, 15) is 9.65 Å². The minimum absolute atomic E-state index is 0.0871. The molecule has 0 amide bonds. The number of methoxy groups -OCH3 is 1. The molecule has 3 aromatic carbocycles. The summed E-state index contributed by atoms with van der Waals surface area (Å²) in [6.07, 6.45) is 1.70. The van der Waals surface area contributed by atoms with Crippen LogP contribution < -0.4 is 9.47 Å². The Balaban J connectivity index is 1.65. The van der Waals surface area contributed by atoms with Gasteiger partial charge in [-0.2, -0.15) is 5.26 Å². The van der Waals surface area contributed by atoms with Crippen molar-refractivity contribution in [1.29, 1.82) is 5.26 Å². The van der Waals surface area contributed by atoms with Gasteiger partial charge in [0.15, 0.2) is 0 Å². The van der Waals surface area contributed by atoms with Crippen molar-refractivity contribution in [2.75, 3.05) is 7.11 Å². The van der Waals surface area contributed by atoms with Crippen LogP contribution in [0, 0.1) is 17.1 Å². The van der Waals surface area contributed by atoms with Gasteiger partial charge in [0.25, 0.3) is 0 Å². The number of nitrogens with zero attached hydrogens (tertiary/aromatic N) is 2. The van der Waals surface area contributed by atoms with E-state index >= 15 is 0 Å². The van der Waals surface area contributed by atoms with Crippen LogP contribution in [0.25, 0.3) is 22.7 Å². The summed E-state index contributed by atoms with van der Waals surface area (Å²) in [5.74, 6) is 1.38. The highest BCUT2D eigenvalue weighted by Gasteiger charge is 2.11. The zero-order chi connectivity index (χ0) is 20.9. The molecule has 5 nitrogen and oxygen atoms in total. The minimum Gasteiger partial charge on any atom is -0.497 e. The number of nitrogens with one attached hydrogen (secondary N) is 1. The van der Waals surface area contributed by atoms with Gasteiger partial charge in [-0.25, -0.2) is 9.37 Å². The van der Waals surface area contributed by atoms with Gasteiger partial charge < -0.3 is 14.5 Å². The topological polar surface area (TPSA) is 70.9 Å². The Morgan fingerprint density at radius 1 is 1.13 bits per heavy atom. The van der Waals surface area contributed by atoms with Crippen molar-refractivity contribution in [3.05, 3.63) is 89.5 Å². The Morgan fingerprint density at radius 2 is 1.93 bits per heavy atom. The third kappa shape index (κ3) is 4.01. The Hall–Kier alpha value is -4.11. The zero-order valence-electron chi connectivity index (χ0n) is 16.2. The number of allylic oxidation sites excluding steroid dienone is 1. The smallest absolute Gasteiger partial charge is 0.149 e. The molecule has 4 rings (SSSR count). The lowest BCUT2D eigenvalue weighted by molar-refractivity contribution is 0.299. The lowest BCUT2D eigenvalue weighted by atomic mass is 10.1. The number of benzene rings is 3. The average molecular weight is 399 g/mol. The van der Waals surface area contributed by atoms with Crippen LogP contribution in [0.4, 0.5) is 4.39 Å². The molecule has 1 N–H and O–H groups in total. The van der Waals surface area contributed by atoms with E-state index in [1.54, 1.807) is 37.5 Å². The van der Waals surface area contributed by atoms with E-state index in [-0.39, 0.29) is 12.4 Å². The van der Waals surface area contributed by atoms with Gasteiger partial charge in [-0.3, -0.25) is 0 Å². The second-order valence-corrected chi connectivity index (χ2v) is 6.56. The molecule has 1 aromatic heterocycles. The fourth-order valence-corrected chi connectivity index (χ4v) is 3.05. The highest BCUT2D eigenvalue weighted by molar-refractivity contribution is 5.91. The summed E-state index contributed by atoms with van der Waals surface area (Å²) in [6.45, 7) is 0.0871. The maximum absolute atomic E-state index is 13.9. The highest BCUT2D eigenvalue weighted by Crippen LogP contribution is 2.26. The molecule has 0 radical (unpaired) electrons. The zero-order valence-corrected chi connectivity index (χ0v) is 16.2. The number of rotatable bonds is 6. The van der Waals surface area contributed by atoms with E-state index in [0.29, 0.717) is 34.0 Å². The van der Waals surface area contributed by atoms with E-state index in [1.807, 2.05) is 36.4 Å². The molecule has 0 aliphatic carbocycles. The monoisotopic (exact) mass is 399 g/mol. The number of hydrogen-bond acceptors (Lipinski definition) is 4. The molecule has 0 bridgehead atoms. The van der Waals surface area contributed by atoms with Crippen LogP contribution in [-0.2, 0) is 6.61 Å². The van der Waals surface area contributed by atoms with Gasteiger partial charge in [-0.1, -0.05) is 36.4 Å². The van der Waals surface area contributed by atoms with Gasteiger partial charge in [-0.05, 0) is 30.3 Å². The highest BCUT2D eigenvalue weighted by atomic mass is 19.1. The number of imidazole rings is 1. The molecule has 1 heterocycles. The van der Waals surface area contributed by atoms with Gasteiger partial charge in [0.05, 0.1) is 23.7 Å². The lowest BCUT2D eigenvalue weighted by Crippen LogP contribution is -1.99. The largest absolute Gasteiger partial charge is 0.497 e. The quantitative estimate of drug-likeness (QED) is 0.444. The normalized spacial score (nSPS) is 11.3. The number of ether oxygens (including phenoxy) is 2. The maximum Gasteiger partial charge on any atom is 0.149 e. The van der Waals surface area contributed by atoms with Gasteiger partial charge in [0, 0.05) is 17.2 Å². The summed E-state index contributed by atoms with van der Waals surface area (Å²) in [7, 11) is 1.59. The minimum atomic E-state index is -0.319. The second-order valence-electron chi connectivity index (χ2n) is 6.56. The van der Waals surface area contributed by atoms with Crippen molar-refractivity contribution in [1.82, 2.24) is 9.97 Å². The number of aromatic amines is 1. The lowest BCUT2D eigenvalue weighted by Gasteiger charge is -2.10. The number of H-pyrrole nitrogens is 1. The summed E-state index contributed by atoms with van der Waals surface area (Å²) in [5, 5.41) is 9.71. The SMILES string of the molecule is COc1ccc2nc(/C(C#N)=C\c3ccccc3OCc3ccccc3F)[nH]c2c1. The predicted octanol–water partition coefficient (Wildman–Crippen LogP) is 5.35. The molecule has 0 saturated heterocycles. The molecule has 0 atom stereocenters. The van der Waals surface area contributed by atoms with Crippen molar-refractivity contribution < 1.29 is 13.9 Å². The second kappa shape index (κ2) is 8.50. The van der Waals surface area contributed by atoms with Crippen molar-refractivity contribution in [2.45, 2.75) is 6.61 Å². The molecule has 0 aliphatic heterocycles. The first-order chi connectivity index (χ1) is 14.7. The molecule has 4 aromatic rings. The average Bonchev–Trinajstić information content (AvgIpc) is 3.20. The number of aromatic nitrogens is 2. The van der Waals surface area contributed by atoms with Gasteiger partial charge in [0.1, 0.15) is 35.8 Å². The fraction of sp³-hybridized carbons (Fsp3) is 0.0833. The fourth-order valence-electron chi connectivity index (χ4n) is 3.05. The molecule has 148 valence electrons. The van der Waals surface area contributed by atoms with Crippen molar-refractivity contribution in [2.24, 2.45) is 0 Å². The standard InChI is InChI=1S/C24H18FN3O2/c1-29-19-10-11-21-22(13-19)28-24(27-21)18(14-26)12-16-6-3-5-9-23(16)30-15-17-7-2-4-8-20(17)25/h2-13H,15H2,1H3,(H,27,28)/b18-12-. The van der Waals surface area contributed by atoms with Crippen LogP contribution in [0.5, 0.6) is 11.5 Å². The molecular formula is C24H18FN3O2. The molecular weight excluding hydrogens is 381 g/mol. The number of hydrogen-bond donors (Lipinski definition) is 1. The molecule has 0 unspecified atom stereocenters. The molecule has 0 spiro atoms. The summed E-state index contributed by atoms with van der Waals surface area (Å²) < 4.78 is 24.9. The Morgan fingerprint density at radius 3 is 2.73 bits per heavy atom. The first kappa shape index (κ1) is 19.2. The van der Waals surface area contributed by atoms with E-state index in [2.05, 4.69) is 16.0 Å². The van der Waals surface area contributed by atoms with Crippen LogP contribution in [0.15, 0.2) is 66.7 Å². The number of halogens is 1. The number of nitriles is 1.